The van der Waals surface area contributed by atoms with Crippen molar-refractivity contribution in [2.24, 2.45) is 0 Å². The first kappa shape index (κ1) is 24.1. The molecule has 168 valence electrons. The highest BCUT2D eigenvalue weighted by Gasteiger charge is 2.31. The number of nitrogens with zero attached hydrogens (tertiary/aromatic N) is 2. The highest BCUT2D eigenvalue weighted by molar-refractivity contribution is 5.85. The minimum atomic E-state index is -4.79. The quantitative estimate of drug-likeness (QED) is 0.298. The number of carbonyl (C=O) groups excluding carboxylic acids is 1. The minimum absolute atomic E-state index is 0.0274. The Kier molecular flexibility index (Phi) is 8.34. The summed E-state index contributed by atoms with van der Waals surface area (Å²) in [6, 6.07) is 10.7. The summed E-state index contributed by atoms with van der Waals surface area (Å²) in [5.74, 6) is -0.604. The van der Waals surface area contributed by atoms with Gasteiger partial charge in [0.25, 0.3) is 5.69 Å². The molecular formula is C20H21F3N2O6. The van der Waals surface area contributed by atoms with E-state index in [1.165, 1.54) is 50.6 Å². The van der Waals surface area contributed by atoms with E-state index in [9.17, 15) is 28.1 Å². The summed E-state index contributed by atoms with van der Waals surface area (Å²) in [5, 5.41) is 10.9. The van der Waals surface area contributed by atoms with Gasteiger partial charge >= 0.3 is 6.36 Å². The molecule has 0 amide bonds. The lowest BCUT2D eigenvalue weighted by molar-refractivity contribution is -0.384. The Bertz CT molecular complexity index is 868. The number of anilines is 1. The van der Waals surface area contributed by atoms with Gasteiger partial charge in [-0.25, -0.2) is 0 Å². The lowest BCUT2D eigenvalue weighted by Crippen LogP contribution is -2.38. The maximum absolute atomic E-state index is 12.6. The van der Waals surface area contributed by atoms with Crippen molar-refractivity contribution in [3.8, 4) is 5.75 Å². The van der Waals surface area contributed by atoms with Crippen LogP contribution in [0, 0.1) is 10.1 Å². The summed E-state index contributed by atoms with van der Waals surface area (Å²) in [5.41, 5.74) is 0.969. The van der Waals surface area contributed by atoms with E-state index in [2.05, 4.69) is 4.74 Å². The molecule has 0 unspecified atom stereocenters. The van der Waals surface area contributed by atoms with Crippen molar-refractivity contribution in [3.05, 3.63) is 64.2 Å². The third-order valence-corrected chi connectivity index (χ3v) is 4.25. The molecule has 0 N–H and O–H groups in total. The van der Waals surface area contributed by atoms with Crippen LogP contribution in [0.4, 0.5) is 24.5 Å². The van der Waals surface area contributed by atoms with Crippen LogP contribution in [0.5, 0.6) is 5.75 Å². The maximum atomic E-state index is 12.6. The number of Topliss-reactive ketones (excluding diaryl/α,β-unsaturated/α-hetero) is 1. The molecule has 2 aromatic rings. The SMILES string of the molecule is COC(CN(CC(=O)Cc1ccc(OC(F)(F)F)cc1)c1ccc([N+](=O)[O-])cc1)OC. The molecule has 0 atom stereocenters. The molecule has 0 saturated carbocycles. The monoisotopic (exact) mass is 442 g/mol. The van der Waals surface area contributed by atoms with Crippen LogP contribution in [0.3, 0.4) is 0 Å². The van der Waals surface area contributed by atoms with Crippen molar-refractivity contribution in [2.45, 2.75) is 19.1 Å². The highest BCUT2D eigenvalue weighted by Crippen LogP contribution is 2.23. The molecular weight excluding hydrogens is 421 g/mol. The molecule has 0 fully saturated rings. The summed E-state index contributed by atoms with van der Waals surface area (Å²) in [7, 11) is 2.88. The third kappa shape index (κ3) is 7.87. The number of methoxy groups -OCH3 is 2. The fraction of sp³-hybridized carbons (Fsp3) is 0.350. The Hall–Kier alpha value is -3.18. The van der Waals surface area contributed by atoms with Gasteiger partial charge in [-0.05, 0) is 29.8 Å². The summed E-state index contributed by atoms with van der Waals surface area (Å²) in [4.78, 5) is 24.6. The van der Waals surface area contributed by atoms with Gasteiger partial charge < -0.3 is 19.1 Å². The number of non-ortho nitro benzene ring substituents is 1. The van der Waals surface area contributed by atoms with Gasteiger partial charge in [-0.3, -0.25) is 14.9 Å². The number of benzene rings is 2. The summed E-state index contributed by atoms with van der Waals surface area (Å²) >= 11 is 0. The second kappa shape index (κ2) is 10.7. The predicted octanol–water partition coefficient (Wildman–Crippen LogP) is 3.73. The van der Waals surface area contributed by atoms with E-state index in [-0.39, 0.29) is 36.7 Å². The van der Waals surface area contributed by atoms with Crippen molar-refractivity contribution in [1.29, 1.82) is 0 Å². The summed E-state index contributed by atoms with van der Waals surface area (Å²) in [6.07, 6.45) is -5.47. The van der Waals surface area contributed by atoms with Gasteiger partial charge in [-0.15, -0.1) is 13.2 Å². The molecule has 0 bridgehead atoms. The second-order valence-electron chi connectivity index (χ2n) is 6.46. The number of nitro groups is 1. The molecule has 0 saturated heterocycles. The lowest BCUT2D eigenvalue weighted by atomic mass is 10.1. The van der Waals surface area contributed by atoms with Crippen LogP contribution in [-0.4, -0.2) is 50.7 Å². The van der Waals surface area contributed by atoms with Crippen LogP contribution in [0.25, 0.3) is 0 Å². The van der Waals surface area contributed by atoms with Gasteiger partial charge in [0.2, 0.25) is 0 Å². The van der Waals surface area contributed by atoms with Gasteiger partial charge in [0.1, 0.15) is 5.75 Å². The fourth-order valence-corrected chi connectivity index (χ4v) is 2.78. The zero-order valence-electron chi connectivity index (χ0n) is 16.8. The number of hydrogen-bond donors (Lipinski definition) is 0. The molecule has 8 nitrogen and oxygen atoms in total. The molecule has 0 aliphatic carbocycles. The zero-order chi connectivity index (χ0) is 23.0. The predicted molar refractivity (Wildman–Crippen MR) is 105 cm³/mol. The Labute approximate surface area is 176 Å². The molecule has 2 aromatic carbocycles. The minimum Gasteiger partial charge on any atom is -0.406 e. The molecule has 0 aliphatic rings. The van der Waals surface area contributed by atoms with Crippen molar-refractivity contribution in [1.82, 2.24) is 0 Å². The lowest BCUT2D eigenvalue weighted by Gasteiger charge is -2.27. The van der Waals surface area contributed by atoms with Crippen molar-refractivity contribution >= 4 is 17.2 Å². The van der Waals surface area contributed by atoms with Crippen molar-refractivity contribution in [3.63, 3.8) is 0 Å². The fourth-order valence-electron chi connectivity index (χ4n) is 2.78. The molecule has 0 heterocycles. The number of ether oxygens (including phenoxy) is 3. The first-order valence-electron chi connectivity index (χ1n) is 9.02. The first-order valence-corrected chi connectivity index (χ1v) is 9.02. The maximum Gasteiger partial charge on any atom is 0.573 e. The smallest absolute Gasteiger partial charge is 0.406 e. The number of nitro benzene ring substituents is 1. The van der Waals surface area contributed by atoms with E-state index in [0.29, 0.717) is 11.3 Å². The van der Waals surface area contributed by atoms with E-state index in [1.54, 1.807) is 4.90 Å². The van der Waals surface area contributed by atoms with Crippen LogP contribution in [0.2, 0.25) is 0 Å². The normalized spacial score (nSPS) is 11.4. The number of hydrogen-bond acceptors (Lipinski definition) is 7. The van der Waals surface area contributed by atoms with Gasteiger partial charge in [0.15, 0.2) is 12.1 Å². The van der Waals surface area contributed by atoms with Gasteiger partial charge in [0, 0.05) is 38.5 Å². The van der Waals surface area contributed by atoms with E-state index >= 15 is 0 Å². The second-order valence-corrected chi connectivity index (χ2v) is 6.46. The summed E-state index contributed by atoms with van der Waals surface area (Å²) in [6.45, 7) is 0.108. The highest BCUT2D eigenvalue weighted by atomic mass is 19.4. The number of carbonyl (C=O) groups is 1. The Balaban J connectivity index is 2.10. The van der Waals surface area contributed by atoms with E-state index in [1.807, 2.05) is 0 Å². The Morgan fingerprint density at radius 2 is 1.65 bits per heavy atom. The molecule has 0 spiro atoms. The van der Waals surface area contributed by atoms with Crippen LogP contribution in [-0.2, 0) is 20.7 Å². The molecule has 0 aromatic heterocycles. The Morgan fingerprint density at radius 1 is 1.06 bits per heavy atom. The molecule has 11 heteroatoms. The average Bonchev–Trinajstić information content (AvgIpc) is 2.71. The van der Waals surface area contributed by atoms with E-state index in [4.69, 9.17) is 9.47 Å². The number of ketones is 1. The molecule has 0 aliphatic heterocycles. The first-order chi connectivity index (χ1) is 14.6. The van der Waals surface area contributed by atoms with Crippen molar-refractivity contribution in [2.75, 3.05) is 32.2 Å². The van der Waals surface area contributed by atoms with Gasteiger partial charge in [-0.2, -0.15) is 0 Å². The topological polar surface area (TPSA) is 91.1 Å². The molecule has 0 radical (unpaired) electrons. The van der Waals surface area contributed by atoms with Crippen molar-refractivity contribution < 1.29 is 37.1 Å². The van der Waals surface area contributed by atoms with Crippen LogP contribution in [0.15, 0.2) is 48.5 Å². The summed E-state index contributed by atoms with van der Waals surface area (Å²) < 4.78 is 50.9. The average molecular weight is 442 g/mol. The van der Waals surface area contributed by atoms with Crippen LogP contribution >= 0.6 is 0 Å². The third-order valence-electron chi connectivity index (χ3n) is 4.25. The standard InChI is InChI=1S/C20H21F3N2O6/c1-29-19(30-2)13-24(15-5-7-16(8-6-15)25(27)28)12-17(26)11-14-3-9-18(10-4-14)31-20(21,22)23/h3-10,19H,11-13H2,1-2H3. The van der Waals surface area contributed by atoms with Gasteiger partial charge in [0.05, 0.1) is 18.0 Å². The zero-order valence-corrected chi connectivity index (χ0v) is 16.8. The number of halogens is 3. The van der Waals surface area contributed by atoms with E-state index < -0.39 is 17.6 Å². The molecule has 2 rings (SSSR count). The Morgan fingerprint density at radius 3 is 2.13 bits per heavy atom. The number of alkyl halides is 3. The van der Waals surface area contributed by atoms with E-state index in [0.717, 1.165) is 12.1 Å². The van der Waals surface area contributed by atoms with Crippen LogP contribution < -0.4 is 9.64 Å². The number of rotatable bonds is 11. The van der Waals surface area contributed by atoms with Gasteiger partial charge in [-0.1, -0.05) is 12.1 Å². The molecule has 31 heavy (non-hydrogen) atoms. The largest absolute Gasteiger partial charge is 0.573 e. The van der Waals surface area contributed by atoms with Crippen LogP contribution in [0.1, 0.15) is 5.56 Å².